The van der Waals surface area contributed by atoms with Gasteiger partial charge in [-0.05, 0) is 61.0 Å². The number of halogens is 5. The summed E-state index contributed by atoms with van der Waals surface area (Å²) >= 11 is 18.3. The first kappa shape index (κ1) is 26.2. The van der Waals surface area contributed by atoms with Crippen molar-refractivity contribution in [3.63, 3.8) is 0 Å². The molecule has 0 fully saturated rings. The van der Waals surface area contributed by atoms with Crippen LogP contribution in [0.1, 0.15) is 12.0 Å². The van der Waals surface area contributed by atoms with E-state index in [0.29, 0.717) is 9.87 Å². The number of carbonyl (C=O) groups excluding carboxylic acids is 2. The molecule has 2 N–H and O–H groups in total. The van der Waals surface area contributed by atoms with Crippen LogP contribution >= 0.6 is 34.8 Å². The third kappa shape index (κ3) is 4.99. The topological polar surface area (TPSA) is 95.6 Å². The summed E-state index contributed by atoms with van der Waals surface area (Å²) in [6.45, 7) is 1.57. The number of nitrogens with zero attached hydrogens (tertiary/aromatic N) is 1. The molecule has 0 saturated carbocycles. The van der Waals surface area contributed by atoms with E-state index in [4.69, 9.17) is 34.8 Å². The molecule has 0 spiro atoms. The number of benzene rings is 3. The third-order valence-electron chi connectivity index (χ3n) is 5.36. The summed E-state index contributed by atoms with van der Waals surface area (Å²) in [4.78, 5) is 25.4. The fourth-order valence-electron chi connectivity index (χ4n) is 3.78. The van der Waals surface area contributed by atoms with Gasteiger partial charge >= 0.3 is 0 Å². The Hall–Kier alpha value is -2.92. The van der Waals surface area contributed by atoms with Gasteiger partial charge in [0, 0.05) is 10.7 Å². The Morgan fingerprint density at radius 3 is 2.28 bits per heavy atom. The molecule has 1 aliphatic rings. The molecular formula is C23H16Cl3F2N3O4S. The van der Waals surface area contributed by atoms with Gasteiger partial charge in [0.25, 0.3) is 10.0 Å². The fraction of sp³-hybridized carbons (Fsp3) is 0.130. The van der Waals surface area contributed by atoms with Crippen molar-refractivity contribution in [3.8, 4) is 0 Å². The number of sulfonamides is 1. The Labute approximate surface area is 220 Å². The molecule has 3 aromatic rings. The highest BCUT2D eigenvalue weighted by Crippen LogP contribution is 2.42. The van der Waals surface area contributed by atoms with E-state index in [1.165, 1.54) is 12.1 Å². The van der Waals surface area contributed by atoms with Crippen LogP contribution in [0.4, 0.5) is 25.8 Å². The predicted molar refractivity (Wildman–Crippen MR) is 134 cm³/mol. The molecule has 1 aliphatic heterocycles. The number of amides is 2. The van der Waals surface area contributed by atoms with Gasteiger partial charge in [0.1, 0.15) is 22.6 Å². The number of nitrogens with one attached hydrogen (secondary N) is 2. The summed E-state index contributed by atoms with van der Waals surface area (Å²) < 4.78 is 55.7. The van der Waals surface area contributed by atoms with Gasteiger partial charge in [-0.25, -0.2) is 17.2 Å². The average molecular weight is 575 g/mol. The number of rotatable bonds is 5. The molecule has 4 rings (SSSR count). The quantitative estimate of drug-likeness (QED) is 0.404. The van der Waals surface area contributed by atoms with Crippen LogP contribution in [0.15, 0.2) is 53.4 Å². The number of hydrogen-bond donors (Lipinski definition) is 2. The molecule has 1 unspecified atom stereocenters. The Morgan fingerprint density at radius 2 is 1.64 bits per heavy atom. The fourth-order valence-corrected chi connectivity index (χ4v) is 6.91. The number of anilines is 3. The summed E-state index contributed by atoms with van der Waals surface area (Å²) in [6, 6.07) is 7.50. The summed E-state index contributed by atoms with van der Waals surface area (Å²) in [7, 11) is -4.68. The van der Waals surface area contributed by atoms with Crippen LogP contribution in [0.5, 0.6) is 0 Å². The molecule has 36 heavy (non-hydrogen) atoms. The smallest absolute Gasteiger partial charge is 0.268 e. The normalized spacial score (nSPS) is 15.3. The van der Waals surface area contributed by atoms with E-state index in [2.05, 4.69) is 10.6 Å². The van der Waals surface area contributed by atoms with Crippen molar-refractivity contribution in [3.05, 3.63) is 80.8 Å². The van der Waals surface area contributed by atoms with Crippen molar-refractivity contribution in [2.24, 2.45) is 0 Å². The lowest BCUT2D eigenvalue weighted by Crippen LogP contribution is -2.52. The Morgan fingerprint density at radius 1 is 1.03 bits per heavy atom. The molecule has 7 nitrogen and oxygen atoms in total. The van der Waals surface area contributed by atoms with Crippen LogP contribution in [0, 0.1) is 18.6 Å². The zero-order valence-corrected chi connectivity index (χ0v) is 21.4. The van der Waals surface area contributed by atoms with Gasteiger partial charge in [-0.2, -0.15) is 0 Å². The maximum absolute atomic E-state index is 13.9. The molecular weight excluding hydrogens is 559 g/mol. The number of aryl methyl sites for hydroxylation is 1. The number of carbonyl (C=O) groups is 2. The second kappa shape index (κ2) is 9.85. The van der Waals surface area contributed by atoms with E-state index >= 15 is 0 Å². The Kier molecular flexibility index (Phi) is 7.16. The van der Waals surface area contributed by atoms with Gasteiger partial charge < -0.3 is 10.6 Å². The second-order valence-corrected chi connectivity index (χ2v) is 10.9. The zero-order chi connectivity index (χ0) is 26.4. The average Bonchev–Trinajstić information content (AvgIpc) is 2.75. The minimum atomic E-state index is -4.68. The number of hydrogen-bond acceptors (Lipinski definition) is 4. The molecule has 13 heteroatoms. The van der Waals surface area contributed by atoms with Gasteiger partial charge in [-0.1, -0.05) is 34.8 Å². The maximum Gasteiger partial charge on any atom is 0.268 e. The van der Waals surface area contributed by atoms with Crippen LogP contribution in [0.2, 0.25) is 15.1 Å². The second-order valence-electron chi connectivity index (χ2n) is 7.88. The van der Waals surface area contributed by atoms with Gasteiger partial charge in [0.2, 0.25) is 11.8 Å². The minimum Gasteiger partial charge on any atom is -0.326 e. The van der Waals surface area contributed by atoms with Crippen LogP contribution in [0.3, 0.4) is 0 Å². The van der Waals surface area contributed by atoms with Crippen LogP contribution in [0.25, 0.3) is 0 Å². The van der Waals surface area contributed by atoms with Gasteiger partial charge in [0.05, 0.1) is 27.8 Å². The van der Waals surface area contributed by atoms with Crippen molar-refractivity contribution in [2.45, 2.75) is 24.3 Å². The Bertz CT molecular complexity index is 1500. The van der Waals surface area contributed by atoms with E-state index in [1.807, 2.05) is 0 Å². The van der Waals surface area contributed by atoms with E-state index in [9.17, 15) is 26.8 Å². The van der Waals surface area contributed by atoms with Crippen molar-refractivity contribution >= 4 is 73.7 Å². The molecule has 0 saturated heterocycles. The van der Waals surface area contributed by atoms with Crippen molar-refractivity contribution in [1.29, 1.82) is 0 Å². The van der Waals surface area contributed by atoms with Crippen LogP contribution in [-0.4, -0.2) is 26.3 Å². The monoisotopic (exact) mass is 573 g/mol. The first-order chi connectivity index (χ1) is 16.9. The van der Waals surface area contributed by atoms with Crippen molar-refractivity contribution < 1.29 is 26.8 Å². The van der Waals surface area contributed by atoms with E-state index in [-0.39, 0.29) is 32.1 Å². The van der Waals surface area contributed by atoms with Crippen molar-refractivity contribution in [2.75, 3.05) is 14.9 Å². The Balaban J connectivity index is 1.79. The largest absolute Gasteiger partial charge is 0.326 e. The van der Waals surface area contributed by atoms with Gasteiger partial charge in [0.15, 0.2) is 0 Å². The number of fused-ring (bicyclic) bond motifs is 1. The van der Waals surface area contributed by atoms with Gasteiger partial charge in [-0.15, -0.1) is 0 Å². The zero-order valence-electron chi connectivity index (χ0n) is 18.3. The molecule has 188 valence electrons. The lowest BCUT2D eigenvalue weighted by molar-refractivity contribution is -0.122. The maximum atomic E-state index is 13.9. The first-order valence-corrected chi connectivity index (χ1v) is 12.8. The van der Waals surface area contributed by atoms with Crippen LogP contribution < -0.4 is 14.9 Å². The lowest BCUT2D eigenvalue weighted by Gasteiger charge is -2.37. The molecule has 0 radical (unpaired) electrons. The minimum absolute atomic E-state index is 0.0772. The third-order valence-corrected chi connectivity index (χ3v) is 8.32. The summed E-state index contributed by atoms with van der Waals surface area (Å²) in [6.07, 6.45) is -0.637. The van der Waals surface area contributed by atoms with Crippen molar-refractivity contribution in [1.82, 2.24) is 0 Å². The molecule has 0 aliphatic carbocycles. The highest BCUT2D eigenvalue weighted by atomic mass is 35.5. The van der Waals surface area contributed by atoms with E-state index < -0.39 is 50.8 Å². The van der Waals surface area contributed by atoms with E-state index in [1.54, 1.807) is 6.92 Å². The van der Waals surface area contributed by atoms with E-state index in [0.717, 1.165) is 36.4 Å². The molecule has 0 aromatic heterocycles. The predicted octanol–water partition coefficient (Wildman–Crippen LogP) is 5.78. The standard InChI is InChI=1S/C23H16Cl3F2N3O4S/c1-11-6-13(27)2-4-17(11)29-21(32)10-20-23(33)30-18-9-14(28)3-5-19(18)31(20)36(34,35)22-15(25)7-12(24)8-16(22)26/h2-9,20H,10H2,1H3,(H,29,32)(H,30,33). The molecule has 1 heterocycles. The summed E-state index contributed by atoms with van der Waals surface area (Å²) in [5.74, 6) is -2.85. The van der Waals surface area contributed by atoms with Crippen LogP contribution in [-0.2, 0) is 19.6 Å². The highest BCUT2D eigenvalue weighted by Gasteiger charge is 2.43. The molecule has 1 atom stereocenters. The SMILES string of the molecule is Cc1cc(F)ccc1NC(=O)CC1C(=O)Nc2cc(F)ccc2N1S(=O)(=O)c1c(Cl)cc(Cl)cc1Cl. The molecule has 3 aromatic carbocycles. The van der Waals surface area contributed by atoms with Gasteiger partial charge in [-0.3, -0.25) is 13.9 Å². The summed E-state index contributed by atoms with van der Waals surface area (Å²) in [5.41, 5.74) is 0.462. The molecule has 0 bridgehead atoms. The lowest BCUT2D eigenvalue weighted by atomic mass is 10.1. The highest BCUT2D eigenvalue weighted by molar-refractivity contribution is 7.93. The molecule has 2 amide bonds. The summed E-state index contributed by atoms with van der Waals surface area (Å²) in [5, 5.41) is 4.42. The first-order valence-electron chi connectivity index (χ1n) is 10.2.